The number of hydrogen-bond acceptors (Lipinski definition) is 3. The molecule has 0 spiro atoms. The zero-order valence-corrected chi connectivity index (χ0v) is 10.1. The lowest BCUT2D eigenvalue weighted by atomic mass is 10.0. The zero-order chi connectivity index (χ0) is 11.3. The third-order valence-corrected chi connectivity index (χ3v) is 2.05. The van der Waals surface area contributed by atoms with Gasteiger partial charge in [-0.3, -0.25) is 9.59 Å². The fraction of sp³-hybridized carbons (Fsp3) is 0.778. The third kappa shape index (κ3) is 5.59. The lowest BCUT2D eigenvalue weighted by Gasteiger charge is -2.20. The van der Waals surface area contributed by atoms with E-state index >= 15 is 0 Å². The number of nitrogens with two attached hydrogens (primary N) is 2. The average molecular weight is 238 g/mol. The van der Waals surface area contributed by atoms with Gasteiger partial charge in [-0.15, -0.1) is 12.4 Å². The van der Waals surface area contributed by atoms with E-state index < -0.39 is 18.0 Å². The van der Waals surface area contributed by atoms with Gasteiger partial charge in [-0.1, -0.05) is 20.8 Å². The highest BCUT2D eigenvalue weighted by Crippen LogP contribution is 2.01. The SMILES string of the molecule is CC[C@H](N)C(=O)NC(C(N)=O)C(C)C.Cl. The Balaban J connectivity index is 0. The summed E-state index contributed by atoms with van der Waals surface area (Å²) in [5.74, 6) is -0.887. The molecule has 0 heterocycles. The van der Waals surface area contributed by atoms with Crippen LogP contribution < -0.4 is 16.8 Å². The van der Waals surface area contributed by atoms with Crippen molar-refractivity contribution in [3.05, 3.63) is 0 Å². The molecule has 5 nitrogen and oxygen atoms in total. The molecule has 0 saturated carbocycles. The van der Waals surface area contributed by atoms with Crippen molar-refractivity contribution in [1.29, 1.82) is 0 Å². The van der Waals surface area contributed by atoms with Gasteiger partial charge in [0, 0.05) is 0 Å². The molecule has 15 heavy (non-hydrogen) atoms. The van der Waals surface area contributed by atoms with Gasteiger partial charge in [0.1, 0.15) is 6.04 Å². The zero-order valence-electron chi connectivity index (χ0n) is 9.32. The van der Waals surface area contributed by atoms with Crippen LogP contribution in [0.5, 0.6) is 0 Å². The number of hydrogen-bond donors (Lipinski definition) is 3. The fourth-order valence-electron chi connectivity index (χ4n) is 1.01. The van der Waals surface area contributed by atoms with Crippen LogP contribution in [0.3, 0.4) is 0 Å². The van der Waals surface area contributed by atoms with Crippen LogP contribution in [0.1, 0.15) is 27.2 Å². The average Bonchev–Trinajstić information content (AvgIpc) is 2.11. The Morgan fingerprint density at radius 3 is 2.07 bits per heavy atom. The van der Waals surface area contributed by atoms with Gasteiger partial charge in [-0.25, -0.2) is 0 Å². The van der Waals surface area contributed by atoms with Crippen molar-refractivity contribution in [1.82, 2.24) is 5.32 Å². The Labute approximate surface area is 96.4 Å². The summed E-state index contributed by atoms with van der Waals surface area (Å²) in [6, 6.07) is -1.21. The fourth-order valence-corrected chi connectivity index (χ4v) is 1.01. The Kier molecular flexibility index (Phi) is 8.28. The minimum absolute atomic E-state index is 0. The van der Waals surface area contributed by atoms with E-state index in [9.17, 15) is 9.59 Å². The molecule has 2 atom stereocenters. The molecule has 0 fully saturated rings. The first kappa shape index (κ1) is 16.6. The van der Waals surface area contributed by atoms with Gasteiger partial charge < -0.3 is 16.8 Å². The van der Waals surface area contributed by atoms with E-state index in [1.807, 2.05) is 13.8 Å². The highest BCUT2D eigenvalue weighted by molar-refractivity contribution is 5.88. The first-order valence-corrected chi connectivity index (χ1v) is 4.75. The molecule has 0 aliphatic heterocycles. The van der Waals surface area contributed by atoms with Gasteiger partial charge in [0.05, 0.1) is 6.04 Å². The van der Waals surface area contributed by atoms with Gasteiger partial charge in [0.15, 0.2) is 0 Å². The molecule has 0 bridgehead atoms. The molecule has 0 radical (unpaired) electrons. The molecule has 0 rings (SSSR count). The van der Waals surface area contributed by atoms with Gasteiger partial charge in [-0.2, -0.15) is 0 Å². The minimum Gasteiger partial charge on any atom is -0.368 e. The van der Waals surface area contributed by atoms with Gasteiger partial charge >= 0.3 is 0 Å². The van der Waals surface area contributed by atoms with Crippen LogP contribution in [0, 0.1) is 5.92 Å². The molecule has 0 aliphatic rings. The standard InChI is InChI=1S/C9H19N3O2.ClH/c1-4-6(10)9(14)12-7(5(2)3)8(11)13;/h5-7H,4,10H2,1-3H3,(H2,11,13)(H,12,14);1H/t6-,7?;/m0./s1. The number of halogens is 1. The molecule has 6 heteroatoms. The number of nitrogens with one attached hydrogen (secondary N) is 1. The van der Waals surface area contributed by atoms with Crippen LogP contribution >= 0.6 is 12.4 Å². The van der Waals surface area contributed by atoms with E-state index in [-0.39, 0.29) is 24.2 Å². The number of carbonyl (C=O) groups excluding carboxylic acids is 2. The molecular weight excluding hydrogens is 218 g/mol. The van der Waals surface area contributed by atoms with E-state index in [1.54, 1.807) is 6.92 Å². The summed E-state index contributed by atoms with van der Waals surface area (Å²) in [6.07, 6.45) is 0.537. The second-order valence-corrected chi connectivity index (χ2v) is 3.65. The van der Waals surface area contributed by atoms with Crippen molar-refractivity contribution in [3.63, 3.8) is 0 Å². The molecule has 1 unspecified atom stereocenters. The molecular formula is C9H20ClN3O2. The molecule has 0 aliphatic carbocycles. The van der Waals surface area contributed by atoms with Crippen LogP contribution in [0.2, 0.25) is 0 Å². The second kappa shape index (κ2) is 7.48. The summed E-state index contributed by atoms with van der Waals surface area (Å²) < 4.78 is 0. The van der Waals surface area contributed by atoms with E-state index in [4.69, 9.17) is 11.5 Å². The monoisotopic (exact) mass is 237 g/mol. The highest BCUT2D eigenvalue weighted by atomic mass is 35.5. The van der Waals surface area contributed by atoms with Crippen molar-refractivity contribution in [3.8, 4) is 0 Å². The highest BCUT2D eigenvalue weighted by Gasteiger charge is 2.23. The van der Waals surface area contributed by atoms with E-state index in [0.717, 1.165) is 0 Å². The minimum atomic E-state index is -0.639. The van der Waals surface area contributed by atoms with Gasteiger partial charge in [0.25, 0.3) is 0 Å². The van der Waals surface area contributed by atoms with Crippen molar-refractivity contribution in [2.24, 2.45) is 17.4 Å². The summed E-state index contributed by atoms with van der Waals surface area (Å²) in [5.41, 5.74) is 10.6. The van der Waals surface area contributed by atoms with Crippen LogP contribution in [-0.4, -0.2) is 23.9 Å². The van der Waals surface area contributed by atoms with E-state index in [0.29, 0.717) is 6.42 Å². The number of amides is 2. The van der Waals surface area contributed by atoms with Crippen LogP contribution in [-0.2, 0) is 9.59 Å². The maximum atomic E-state index is 11.3. The Morgan fingerprint density at radius 2 is 1.80 bits per heavy atom. The second-order valence-electron chi connectivity index (χ2n) is 3.65. The molecule has 90 valence electrons. The lowest BCUT2D eigenvalue weighted by Crippen LogP contribution is -2.52. The largest absolute Gasteiger partial charge is 0.368 e. The predicted octanol–water partition coefficient (Wildman–Crippen LogP) is -0.228. The lowest BCUT2D eigenvalue weighted by molar-refractivity contribution is -0.129. The maximum Gasteiger partial charge on any atom is 0.240 e. The van der Waals surface area contributed by atoms with Crippen LogP contribution in [0.25, 0.3) is 0 Å². The normalized spacial score (nSPS) is 13.9. The number of primary amides is 1. The Hall–Kier alpha value is -0.810. The van der Waals surface area contributed by atoms with E-state index in [2.05, 4.69) is 5.32 Å². The maximum absolute atomic E-state index is 11.3. The first-order valence-electron chi connectivity index (χ1n) is 4.75. The van der Waals surface area contributed by atoms with Crippen molar-refractivity contribution in [2.45, 2.75) is 39.3 Å². The summed E-state index contributed by atoms with van der Waals surface area (Å²) in [7, 11) is 0. The molecule has 5 N–H and O–H groups in total. The van der Waals surface area contributed by atoms with Crippen molar-refractivity contribution >= 4 is 24.2 Å². The summed E-state index contributed by atoms with van der Waals surface area (Å²) in [4.78, 5) is 22.3. The Morgan fingerprint density at radius 1 is 1.33 bits per heavy atom. The molecule has 2 amide bonds. The van der Waals surface area contributed by atoms with Gasteiger partial charge in [0.2, 0.25) is 11.8 Å². The summed E-state index contributed by atoms with van der Waals surface area (Å²) in [6.45, 7) is 5.43. The van der Waals surface area contributed by atoms with Crippen molar-refractivity contribution < 1.29 is 9.59 Å². The Bertz CT molecular complexity index is 221. The first-order chi connectivity index (χ1) is 6.40. The molecule has 0 aromatic heterocycles. The topological polar surface area (TPSA) is 98.2 Å². The summed E-state index contributed by atoms with van der Waals surface area (Å²) >= 11 is 0. The van der Waals surface area contributed by atoms with Crippen molar-refractivity contribution in [2.75, 3.05) is 0 Å². The van der Waals surface area contributed by atoms with E-state index in [1.165, 1.54) is 0 Å². The number of carbonyl (C=O) groups is 2. The molecule has 0 aromatic rings. The summed E-state index contributed by atoms with van der Waals surface area (Å²) in [5, 5.41) is 2.53. The number of rotatable bonds is 5. The van der Waals surface area contributed by atoms with Crippen LogP contribution in [0.4, 0.5) is 0 Å². The predicted molar refractivity (Wildman–Crippen MR) is 61.5 cm³/mol. The molecule has 0 saturated heterocycles. The van der Waals surface area contributed by atoms with Crippen LogP contribution in [0.15, 0.2) is 0 Å². The van der Waals surface area contributed by atoms with Gasteiger partial charge in [-0.05, 0) is 12.3 Å². The quantitative estimate of drug-likeness (QED) is 0.616. The third-order valence-electron chi connectivity index (χ3n) is 2.05. The smallest absolute Gasteiger partial charge is 0.240 e. The molecule has 0 aromatic carbocycles.